The van der Waals surface area contributed by atoms with E-state index in [9.17, 15) is 0 Å². The second-order valence-corrected chi connectivity index (χ2v) is 3.61. The molecular formula is C10H13N5. The van der Waals surface area contributed by atoms with Gasteiger partial charge in [-0.2, -0.15) is 0 Å². The highest BCUT2D eigenvalue weighted by molar-refractivity contribution is 5.81. The second-order valence-electron chi connectivity index (χ2n) is 3.61. The van der Waals surface area contributed by atoms with Crippen LogP contribution in [0.3, 0.4) is 0 Å². The molecule has 0 spiro atoms. The van der Waals surface area contributed by atoms with Gasteiger partial charge in [0.15, 0.2) is 5.65 Å². The average molecular weight is 203 g/mol. The van der Waals surface area contributed by atoms with Crippen molar-refractivity contribution in [2.45, 2.75) is 13.3 Å². The van der Waals surface area contributed by atoms with Crippen molar-refractivity contribution in [3.05, 3.63) is 23.7 Å². The van der Waals surface area contributed by atoms with E-state index in [1.54, 1.807) is 6.20 Å². The van der Waals surface area contributed by atoms with Crippen LogP contribution in [0.5, 0.6) is 0 Å². The van der Waals surface area contributed by atoms with Crippen LogP contribution < -0.4 is 5.73 Å². The molecule has 0 radical (unpaired) electrons. The zero-order valence-electron chi connectivity index (χ0n) is 8.78. The first-order valence-corrected chi connectivity index (χ1v) is 4.69. The lowest BCUT2D eigenvalue weighted by Gasteiger charge is -1.99. The highest BCUT2D eigenvalue weighted by Crippen LogP contribution is 2.13. The Labute approximate surface area is 87.5 Å². The largest absolute Gasteiger partial charge is 0.387 e. The Hall–Kier alpha value is -1.91. The van der Waals surface area contributed by atoms with Crippen LogP contribution >= 0.6 is 0 Å². The summed E-state index contributed by atoms with van der Waals surface area (Å²) in [7, 11) is 1.93. The molecule has 0 bridgehead atoms. The van der Waals surface area contributed by atoms with Crippen molar-refractivity contribution >= 4 is 17.0 Å². The number of rotatable bonds is 2. The normalized spacial score (nSPS) is 10.8. The molecule has 0 saturated carbocycles. The molecule has 5 nitrogen and oxygen atoms in total. The summed E-state index contributed by atoms with van der Waals surface area (Å²) in [5, 5.41) is 7.21. The average Bonchev–Trinajstić information content (AvgIpc) is 2.41. The van der Waals surface area contributed by atoms with Gasteiger partial charge in [0, 0.05) is 19.7 Å². The van der Waals surface area contributed by atoms with E-state index >= 15 is 0 Å². The Balaban J connectivity index is 2.52. The molecule has 2 aromatic heterocycles. The Kier molecular flexibility index (Phi) is 2.15. The molecule has 0 amide bonds. The highest BCUT2D eigenvalue weighted by Gasteiger charge is 2.06. The molecule has 15 heavy (non-hydrogen) atoms. The predicted molar refractivity (Wildman–Crippen MR) is 58.9 cm³/mol. The topological polar surface area (TPSA) is 80.6 Å². The zero-order chi connectivity index (χ0) is 11.0. The first kappa shape index (κ1) is 9.64. The number of amidine groups is 1. The van der Waals surface area contributed by atoms with Crippen molar-refractivity contribution < 1.29 is 0 Å². The van der Waals surface area contributed by atoms with Gasteiger partial charge in [0.25, 0.3) is 0 Å². The van der Waals surface area contributed by atoms with Crippen molar-refractivity contribution in [1.29, 1.82) is 5.41 Å². The lowest BCUT2D eigenvalue weighted by molar-refractivity contribution is 0.873. The second kappa shape index (κ2) is 3.34. The summed E-state index contributed by atoms with van der Waals surface area (Å²) < 4.78 is 1.94. The van der Waals surface area contributed by atoms with Gasteiger partial charge in [0.2, 0.25) is 0 Å². The van der Waals surface area contributed by atoms with E-state index < -0.39 is 0 Å². The molecule has 0 aliphatic carbocycles. The van der Waals surface area contributed by atoms with Gasteiger partial charge in [-0.15, -0.1) is 0 Å². The first-order valence-electron chi connectivity index (χ1n) is 4.69. The van der Waals surface area contributed by atoms with Gasteiger partial charge in [-0.1, -0.05) is 0 Å². The number of imidazole rings is 1. The van der Waals surface area contributed by atoms with E-state index in [4.69, 9.17) is 11.1 Å². The Bertz CT molecular complexity index is 526. The maximum absolute atomic E-state index is 7.21. The summed E-state index contributed by atoms with van der Waals surface area (Å²) >= 11 is 0. The van der Waals surface area contributed by atoms with Crippen LogP contribution in [0.25, 0.3) is 11.2 Å². The van der Waals surface area contributed by atoms with E-state index in [0.717, 1.165) is 22.6 Å². The summed E-state index contributed by atoms with van der Waals surface area (Å²) in [6.07, 6.45) is 2.17. The molecule has 0 aliphatic rings. The van der Waals surface area contributed by atoms with Crippen LogP contribution in [-0.4, -0.2) is 20.4 Å². The van der Waals surface area contributed by atoms with Crippen LogP contribution in [-0.2, 0) is 13.5 Å². The van der Waals surface area contributed by atoms with Gasteiger partial charge in [-0.25, -0.2) is 9.97 Å². The highest BCUT2D eigenvalue weighted by atomic mass is 15.1. The van der Waals surface area contributed by atoms with Gasteiger partial charge in [0.05, 0.1) is 5.84 Å². The third-order valence-electron chi connectivity index (χ3n) is 2.38. The molecule has 0 atom stereocenters. The fourth-order valence-electron chi connectivity index (χ4n) is 1.55. The molecule has 2 aromatic rings. The number of nitrogens with two attached hydrogens (primary N) is 1. The maximum Gasteiger partial charge on any atom is 0.159 e. The number of nitrogens with one attached hydrogen (secondary N) is 1. The molecule has 2 heterocycles. The zero-order valence-corrected chi connectivity index (χ0v) is 8.78. The predicted octanol–water partition coefficient (Wildman–Crippen LogP) is 0.755. The van der Waals surface area contributed by atoms with Crippen LogP contribution in [0.1, 0.15) is 11.4 Å². The summed E-state index contributed by atoms with van der Waals surface area (Å²) in [6.45, 7) is 1.94. The van der Waals surface area contributed by atoms with Crippen molar-refractivity contribution in [1.82, 2.24) is 14.5 Å². The third kappa shape index (κ3) is 1.68. The van der Waals surface area contributed by atoms with Gasteiger partial charge in [0.1, 0.15) is 11.3 Å². The van der Waals surface area contributed by atoms with Crippen molar-refractivity contribution in [3.8, 4) is 0 Å². The van der Waals surface area contributed by atoms with Gasteiger partial charge in [-0.05, 0) is 18.6 Å². The fourth-order valence-corrected chi connectivity index (χ4v) is 1.55. The number of aryl methyl sites for hydroxylation is 2. The van der Waals surface area contributed by atoms with E-state index in [2.05, 4.69) is 9.97 Å². The molecule has 2 rings (SSSR count). The number of hydrogen-bond donors (Lipinski definition) is 2. The minimum absolute atomic E-state index is 0.142. The van der Waals surface area contributed by atoms with Crippen LogP contribution in [0.4, 0.5) is 0 Å². The molecular weight excluding hydrogens is 190 g/mol. The number of fused-ring (bicyclic) bond motifs is 1. The van der Waals surface area contributed by atoms with Crippen LogP contribution in [0, 0.1) is 12.3 Å². The quantitative estimate of drug-likeness (QED) is 0.558. The minimum Gasteiger partial charge on any atom is -0.387 e. The van der Waals surface area contributed by atoms with E-state index in [-0.39, 0.29) is 5.84 Å². The molecule has 78 valence electrons. The standard InChI is InChI=1S/C10H13N5/c1-6-14-8-3-7(4-9(11)12)5-13-10(8)15(6)2/h3,5H,4H2,1-2H3,(H3,11,12). The minimum atomic E-state index is 0.142. The Morgan fingerprint density at radius 1 is 1.60 bits per heavy atom. The van der Waals surface area contributed by atoms with Crippen LogP contribution in [0.15, 0.2) is 12.3 Å². The lowest BCUT2D eigenvalue weighted by atomic mass is 10.2. The molecule has 0 fully saturated rings. The number of aromatic nitrogens is 3. The monoisotopic (exact) mass is 203 g/mol. The molecule has 0 aliphatic heterocycles. The van der Waals surface area contributed by atoms with Crippen molar-refractivity contribution in [2.24, 2.45) is 12.8 Å². The molecule has 0 unspecified atom stereocenters. The third-order valence-corrected chi connectivity index (χ3v) is 2.38. The number of nitrogens with zero attached hydrogens (tertiary/aromatic N) is 3. The lowest BCUT2D eigenvalue weighted by Crippen LogP contribution is -2.12. The van der Waals surface area contributed by atoms with E-state index in [0.29, 0.717) is 6.42 Å². The summed E-state index contributed by atoms with van der Waals surface area (Å²) in [5.41, 5.74) is 7.97. The summed E-state index contributed by atoms with van der Waals surface area (Å²) in [5.74, 6) is 1.07. The van der Waals surface area contributed by atoms with E-state index in [1.807, 2.05) is 24.6 Å². The SMILES string of the molecule is Cc1nc2cc(CC(=N)N)cnc2n1C. The smallest absolute Gasteiger partial charge is 0.159 e. The molecule has 5 heteroatoms. The number of pyridine rings is 1. The fraction of sp³-hybridized carbons (Fsp3) is 0.300. The van der Waals surface area contributed by atoms with Gasteiger partial charge < -0.3 is 10.3 Å². The molecule has 0 saturated heterocycles. The molecule has 0 aromatic carbocycles. The van der Waals surface area contributed by atoms with Crippen molar-refractivity contribution in [3.63, 3.8) is 0 Å². The Morgan fingerprint density at radius 3 is 3.00 bits per heavy atom. The number of hydrogen-bond acceptors (Lipinski definition) is 3. The van der Waals surface area contributed by atoms with Gasteiger partial charge >= 0.3 is 0 Å². The Morgan fingerprint density at radius 2 is 2.33 bits per heavy atom. The van der Waals surface area contributed by atoms with E-state index in [1.165, 1.54) is 0 Å². The van der Waals surface area contributed by atoms with Gasteiger partial charge in [-0.3, -0.25) is 5.41 Å². The van der Waals surface area contributed by atoms with Crippen molar-refractivity contribution in [2.75, 3.05) is 0 Å². The molecule has 3 N–H and O–H groups in total. The van der Waals surface area contributed by atoms with Crippen LogP contribution in [0.2, 0.25) is 0 Å². The summed E-state index contributed by atoms with van der Waals surface area (Å²) in [6, 6.07) is 1.93. The first-order chi connectivity index (χ1) is 7.08. The summed E-state index contributed by atoms with van der Waals surface area (Å²) in [4.78, 5) is 8.67. The maximum atomic E-state index is 7.21.